The second kappa shape index (κ2) is 6.06. The van der Waals surface area contributed by atoms with Gasteiger partial charge in [0.2, 0.25) is 10.0 Å². The highest BCUT2D eigenvalue weighted by Crippen LogP contribution is 2.21. The lowest BCUT2D eigenvalue weighted by atomic mass is 10.1. The fourth-order valence-electron chi connectivity index (χ4n) is 1.54. The average molecular weight is 284 g/mol. The topological polar surface area (TPSA) is 66.5 Å². The Bertz CT molecular complexity index is 553. The highest BCUT2D eigenvalue weighted by Gasteiger charge is 2.22. The maximum Gasteiger partial charge on any atom is 0.232 e. The standard InChI is InChI=1S/C13H20N2O3S/c1-10(2)13(16)9-15(19(4,17)18)12-7-5-6-11(8-12)14-3/h5-8,10,14H,9H2,1-4H3. The molecule has 0 spiro atoms. The quantitative estimate of drug-likeness (QED) is 0.863. The third kappa shape index (κ3) is 4.24. The molecule has 0 saturated carbocycles. The number of anilines is 2. The van der Waals surface area contributed by atoms with Gasteiger partial charge in [0.05, 0.1) is 18.5 Å². The van der Waals surface area contributed by atoms with Gasteiger partial charge in [-0.3, -0.25) is 9.10 Å². The summed E-state index contributed by atoms with van der Waals surface area (Å²) in [7, 11) is -1.73. The van der Waals surface area contributed by atoms with Gasteiger partial charge in [0.1, 0.15) is 0 Å². The van der Waals surface area contributed by atoms with Crippen molar-refractivity contribution in [3.05, 3.63) is 24.3 Å². The van der Waals surface area contributed by atoms with Crippen LogP contribution in [0, 0.1) is 5.92 Å². The minimum Gasteiger partial charge on any atom is -0.388 e. The maximum atomic E-state index is 11.8. The average Bonchev–Trinajstić information content (AvgIpc) is 2.34. The number of carbonyl (C=O) groups excluding carboxylic acids is 1. The molecule has 0 saturated heterocycles. The summed E-state index contributed by atoms with van der Waals surface area (Å²) in [4.78, 5) is 11.8. The van der Waals surface area contributed by atoms with Crippen LogP contribution in [0.5, 0.6) is 0 Å². The van der Waals surface area contributed by atoms with Crippen molar-refractivity contribution in [1.82, 2.24) is 0 Å². The van der Waals surface area contributed by atoms with E-state index in [9.17, 15) is 13.2 Å². The normalized spacial score (nSPS) is 11.4. The molecule has 0 aliphatic rings. The smallest absolute Gasteiger partial charge is 0.232 e. The molecular weight excluding hydrogens is 264 g/mol. The third-order valence-electron chi connectivity index (χ3n) is 2.77. The molecule has 0 amide bonds. The van der Waals surface area contributed by atoms with Gasteiger partial charge in [-0.05, 0) is 18.2 Å². The molecule has 0 fully saturated rings. The van der Waals surface area contributed by atoms with Crippen LogP contribution in [0.15, 0.2) is 24.3 Å². The third-order valence-corrected chi connectivity index (χ3v) is 3.91. The first-order valence-electron chi connectivity index (χ1n) is 6.04. The highest BCUT2D eigenvalue weighted by atomic mass is 32.2. The number of hydrogen-bond acceptors (Lipinski definition) is 4. The Hall–Kier alpha value is -1.56. The summed E-state index contributed by atoms with van der Waals surface area (Å²) in [5.74, 6) is -0.308. The molecule has 0 bridgehead atoms. The van der Waals surface area contributed by atoms with Gasteiger partial charge >= 0.3 is 0 Å². The zero-order valence-corrected chi connectivity index (χ0v) is 12.5. The second-order valence-corrected chi connectivity index (χ2v) is 6.60. The van der Waals surface area contributed by atoms with Crippen molar-refractivity contribution >= 4 is 27.2 Å². The molecule has 0 radical (unpaired) electrons. The zero-order chi connectivity index (χ0) is 14.6. The minimum absolute atomic E-state index is 0.111. The van der Waals surface area contributed by atoms with Gasteiger partial charge < -0.3 is 5.32 Å². The van der Waals surface area contributed by atoms with E-state index in [1.165, 1.54) is 0 Å². The second-order valence-electron chi connectivity index (χ2n) is 4.69. The molecule has 106 valence electrons. The van der Waals surface area contributed by atoms with Gasteiger partial charge in [0.25, 0.3) is 0 Å². The Kier molecular flexibility index (Phi) is 4.94. The molecular formula is C13H20N2O3S. The van der Waals surface area contributed by atoms with Crippen LogP contribution in [-0.4, -0.2) is 34.0 Å². The van der Waals surface area contributed by atoms with Crippen LogP contribution < -0.4 is 9.62 Å². The molecule has 0 aliphatic heterocycles. The first-order valence-corrected chi connectivity index (χ1v) is 7.88. The summed E-state index contributed by atoms with van der Waals surface area (Å²) in [6.45, 7) is 3.38. The lowest BCUT2D eigenvalue weighted by molar-refractivity contribution is -0.120. The number of benzene rings is 1. The molecule has 1 N–H and O–H groups in total. The summed E-state index contributed by atoms with van der Waals surface area (Å²) >= 11 is 0. The molecule has 1 aromatic rings. The SMILES string of the molecule is CNc1cccc(N(CC(=O)C(C)C)S(C)(=O)=O)c1. The number of nitrogens with one attached hydrogen (secondary N) is 1. The van der Waals surface area contributed by atoms with Crippen LogP contribution in [0.3, 0.4) is 0 Å². The molecule has 0 unspecified atom stereocenters. The number of ketones is 1. The van der Waals surface area contributed by atoms with Crippen molar-refractivity contribution in [1.29, 1.82) is 0 Å². The van der Waals surface area contributed by atoms with Gasteiger partial charge in [-0.15, -0.1) is 0 Å². The van der Waals surface area contributed by atoms with Gasteiger partial charge in [-0.1, -0.05) is 19.9 Å². The Morgan fingerprint density at radius 2 is 2.00 bits per heavy atom. The van der Waals surface area contributed by atoms with Crippen molar-refractivity contribution in [2.75, 3.05) is 29.5 Å². The van der Waals surface area contributed by atoms with Crippen molar-refractivity contribution in [2.24, 2.45) is 5.92 Å². The van der Waals surface area contributed by atoms with Crippen LogP contribution in [-0.2, 0) is 14.8 Å². The molecule has 19 heavy (non-hydrogen) atoms. The van der Waals surface area contributed by atoms with Gasteiger partial charge in [-0.25, -0.2) is 8.42 Å². The first kappa shape index (κ1) is 15.5. The number of carbonyl (C=O) groups is 1. The van der Waals surface area contributed by atoms with E-state index >= 15 is 0 Å². The van der Waals surface area contributed by atoms with E-state index < -0.39 is 10.0 Å². The molecule has 0 atom stereocenters. The van der Waals surface area contributed by atoms with Crippen LogP contribution in [0.4, 0.5) is 11.4 Å². The Labute approximate surface area is 114 Å². The molecule has 0 aromatic heterocycles. The van der Waals surface area contributed by atoms with Crippen molar-refractivity contribution in [3.8, 4) is 0 Å². The molecule has 1 aromatic carbocycles. The predicted octanol–water partition coefficient (Wildman–Crippen LogP) is 1.72. The van der Waals surface area contributed by atoms with E-state index in [2.05, 4.69) is 5.32 Å². The number of nitrogens with zero attached hydrogens (tertiary/aromatic N) is 1. The molecule has 5 nitrogen and oxygen atoms in total. The molecule has 1 rings (SSSR count). The summed E-state index contributed by atoms with van der Waals surface area (Å²) in [6.07, 6.45) is 1.10. The fraction of sp³-hybridized carbons (Fsp3) is 0.462. The summed E-state index contributed by atoms with van der Waals surface area (Å²) in [5.41, 5.74) is 1.28. The summed E-state index contributed by atoms with van der Waals surface area (Å²) < 4.78 is 24.8. The van der Waals surface area contributed by atoms with E-state index in [-0.39, 0.29) is 18.2 Å². The molecule has 6 heteroatoms. The number of sulfonamides is 1. The van der Waals surface area contributed by atoms with Gasteiger partial charge in [0.15, 0.2) is 5.78 Å². The highest BCUT2D eigenvalue weighted by molar-refractivity contribution is 7.92. The Morgan fingerprint density at radius 1 is 1.37 bits per heavy atom. The van der Waals surface area contributed by atoms with Crippen molar-refractivity contribution in [2.45, 2.75) is 13.8 Å². The lowest BCUT2D eigenvalue weighted by Crippen LogP contribution is -2.36. The van der Waals surface area contributed by atoms with Crippen molar-refractivity contribution in [3.63, 3.8) is 0 Å². The largest absolute Gasteiger partial charge is 0.388 e. The lowest BCUT2D eigenvalue weighted by Gasteiger charge is -2.23. The molecule has 0 aliphatic carbocycles. The summed E-state index contributed by atoms with van der Waals surface area (Å²) in [5, 5.41) is 2.94. The number of rotatable bonds is 6. The maximum absolute atomic E-state index is 11.8. The number of Topliss-reactive ketones (excluding diaryl/α,β-unsaturated/α-hetero) is 1. The van der Waals surface area contributed by atoms with Crippen LogP contribution in [0.2, 0.25) is 0 Å². The van der Waals surface area contributed by atoms with E-state index in [0.717, 1.165) is 16.2 Å². The van der Waals surface area contributed by atoms with E-state index in [4.69, 9.17) is 0 Å². The van der Waals surface area contributed by atoms with Crippen LogP contribution in [0.1, 0.15) is 13.8 Å². The Morgan fingerprint density at radius 3 is 2.47 bits per heavy atom. The molecule has 0 heterocycles. The van der Waals surface area contributed by atoms with Gasteiger partial charge in [0, 0.05) is 18.7 Å². The minimum atomic E-state index is -3.49. The summed E-state index contributed by atoms with van der Waals surface area (Å²) in [6, 6.07) is 6.96. The zero-order valence-electron chi connectivity index (χ0n) is 11.7. The van der Waals surface area contributed by atoms with Crippen molar-refractivity contribution < 1.29 is 13.2 Å². The van der Waals surface area contributed by atoms with Crippen LogP contribution >= 0.6 is 0 Å². The van der Waals surface area contributed by atoms with Crippen LogP contribution in [0.25, 0.3) is 0 Å². The Balaban J connectivity index is 3.14. The van der Waals surface area contributed by atoms with E-state index in [0.29, 0.717) is 5.69 Å². The van der Waals surface area contributed by atoms with E-state index in [1.54, 1.807) is 39.1 Å². The monoisotopic (exact) mass is 284 g/mol. The van der Waals surface area contributed by atoms with Gasteiger partial charge in [-0.2, -0.15) is 0 Å². The fourth-order valence-corrected chi connectivity index (χ4v) is 2.40. The number of hydrogen-bond donors (Lipinski definition) is 1. The predicted molar refractivity (Wildman–Crippen MR) is 78.0 cm³/mol. The first-order chi connectivity index (χ1) is 8.75. The van der Waals surface area contributed by atoms with E-state index in [1.807, 2.05) is 6.07 Å².